The quantitative estimate of drug-likeness (QED) is 0.363. The number of unbranched alkanes of at least 4 members (excludes halogenated alkanes) is 4. The molecule has 0 bridgehead atoms. The van der Waals surface area contributed by atoms with Crippen molar-refractivity contribution in [1.29, 1.82) is 0 Å². The fourth-order valence-corrected chi connectivity index (χ4v) is 3.38. The molecular formula is C18H25ClFN5O4. The van der Waals surface area contributed by atoms with E-state index in [-0.39, 0.29) is 29.8 Å². The molecule has 160 valence electrons. The van der Waals surface area contributed by atoms with Crippen molar-refractivity contribution >= 4 is 34.7 Å². The third-order valence-electron chi connectivity index (χ3n) is 4.68. The molecule has 1 aliphatic heterocycles. The number of hydrogen-bond donors (Lipinski definition) is 1. The molecule has 1 saturated heterocycles. The summed E-state index contributed by atoms with van der Waals surface area (Å²) in [7, 11) is 0. The highest BCUT2D eigenvalue weighted by molar-refractivity contribution is 6.28. The molecule has 3 rings (SSSR count). The molecule has 0 aliphatic carbocycles. The summed E-state index contributed by atoms with van der Waals surface area (Å²) in [6.45, 7) is 2.35. The smallest absolute Gasteiger partial charge is 0.434 e. The predicted octanol–water partition coefficient (Wildman–Crippen LogP) is 3.81. The number of nitrogen functional groups attached to an aromatic ring is 1. The van der Waals surface area contributed by atoms with Crippen LogP contribution in [0.15, 0.2) is 6.33 Å². The Labute approximate surface area is 172 Å². The van der Waals surface area contributed by atoms with Crippen LogP contribution < -0.4 is 5.73 Å². The fraction of sp³-hybridized carbons (Fsp3) is 0.667. The second-order valence-electron chi connectivity index (χ2n) is 6.93. The first-order valence-corrected chi connectivity index (χ1v) is 10.1. The number of ether oxygens (including phenoxy) is 3. The lowest BCUT2D eigenvalue weighted by Crippen LogP contribution is -2.20. The number of fused-ring (bicyclic) bond motifs is 1. The van der Waals surface area contributed by atoms with Gasteiger partial charge in [-0.2, -0.15) is 9.97 Å². The molecule has 0 radical (unpaired) electrons. The van der Waals surface area contributed by atoms with E-state index >= 15 is 0 Å². The van der Waals surface area contributed by atoms with E-state index in [9.17, 15) is 9.18 Å². The van der Waals surface area contributed by atoms with Gasteiger partial charge in [0.2, 0.25) is 5.28 Å². The lowest BCUT2D eigenvalue weighted by Gasteiger charge is -2.16. The highest BCUT2D eigenvalue weighted by Gasteiger charge is 2.38. The molecule has 0 aromatic carbocycles. The van der Waals surface area contributed by atoms with Crippen molar-refractivity contribution in [2.75, 3.05) is 18.9 Å². The molecule has 2 N–H and O–H groups in total. The van der Waals surface area contributed by atoms with Crippen LogP contribution in [0.2, 0.25) is 5.28 Å². The van der Waals surface area contributed by atoms with E-state index in [4.69, 9.17) is 31.5 Å². The zero-order valence-corrected chi connectivity index (χ0v) is 17.0. The molecular weight excluding hydrogens is 405 g/mol. The van der Waals surface area contributed by atoms with E-state index in [1.165, 1.54) is 17.3 Å². The lowest BCUT2D eigenvalue weighted by molar-refractivity contribution is -0.0470. The van der Waals surface area contributed by atoms with Crippen LogP contribution in [-0.4, -0.2) is 51.2 Å². The van der Waals surface area contributed by atoms with Crippen molar-refractivity contribution in [3.05, 3.63) is 11.6 Å². The number of nitrogens with zero attached hydrogens (tertiary/aromatic N) is 4. The van der Waals surface area contributed by atoms with E-state index in [0.29, 0.717) is 12.1 Å². The number of aromatic nitrogens is 4. The SMILES string of the molecule is CCCCCCCOC(=O)OCC1CC(F)C(n2cnc3c(N)nc(Cl)nc32)O1. The molecule has 2 aromatic heterocycles. The Morgan fingerprint density at radius 1 is 1.34 bits per heavy atom. The minimum atomic E-state index is -1.34. The number of hydrogen-bond acceptors (Lipinski definition) is 8. The molecule has 1 fully saturated rings. The molecule has 1 aliphatic rings. The molecule has 9 nitrogen and oxygen atoms in total. The van der Waals surface area contributed by atoms with Gasteiger partial charge in [-0.1, -0.05) is 32.6 Å². The Hall–Kier alpha value is -2.20. The summed E-state index contributed by atoms with van der Waals surface area (Å²) >= 11 is 5.84. The van der Waals surface area contributed by atoms with Crippen molar-refractivity contribution < 1.29 is 23.4 Å². The summed E-state index contributed by atoms with van der Waals surface area (Å²) in [4.78, 5) is 23.7. The van der Waals surface area contributed by atoms with Gasteiger partial charge in [-0.05, 0) is 18.0 Å². The van der Waals surface area contributed by atoms with Gasteiger partial charge in [0.05, 0.1) is 19.0 Å². The number of carbonyl (C=O) groups is 1. The summed E-state index contributed by atoms with van der Waals surface area (Å²) in [6.07, 6.45) is 2.98. The van der Waals surface area contributed by atoms with Crippen molar-refractivity contribution in [2.45, 2.75) is 64.0 Å². The Bertz CT molecular complexity index is 836. The molecule has 0 spiro atoms. The average Bonchev–Trinajstić information content (AvgIpc) is 3.26. The van der Waals surface area contributed by atoms with Gasteiger partial charge in [0, 0.05) is 6.42 Å². The lowest BCUT2D eigenvalue weighted by atomic mass is 10.2. The van der Waals surface area contributed by atoms with Crippen LogP contribution in [0, 0.1) is 0 Å². The third kappa shape index (κ3) is 5.45. The van der Waals surface area contributed by atoms with Crippen LogP contribution in [0.1, 0.15) is 51.7 Å². The van der Waals surface area contributed by atoms with Gasteiger partial charge < -0.3 is 19.9 Å². The highest BCUT2D eigenvalue weighted by atomic mass is 35.5. The number of anilines is 1. The first-order chi connectivity index (χ1) is 14.0. The molecule has 2 aromatic rings. The predicted molar refractivity (Wildman–Crippen MR) is 104 cm³/mol. The third-order valence-corrected chi connectivity index (χ3v) is 4.85. The summed E-state index contributed by atoms with van der Waals surface area (Å²) < 4.78 is 31.7. The maximum Gasteiger partial charge on any atom is 0.508 e. The molecule has 3 heterocycles. The van der Waals surface area contributed by atoms with E-state index in [2.05, 4.69) is 21.9 Å². The van der Waals surface area contributed by atoms with Crippen molar-refractivity contribution in [1.82, 2.24) is 19.5 Å². The molecule has 3 unspecified atom stereocenters. The fourth-order valence-electron chi connectivity index (χ4n) is 3.21. The normalized spacial score (nSPS) is 21.6. The first-order valence-electron chi connectivity index (χ1n) is 9.74. The van der Waals surface area contributed by atoms with Gasteiger partial charge in [0.1, 0.15) is 18.3 Å². The number of halogens is 2. The van der Waals surface area contributed by atoms with Gasteiger partial charge >= 0.3 is 6.16 Å². The summed E-state index contributed by atoms with van der Waals surface area (Å²) in [5, 5.41) is -0.0672. The number of carbonyl (C=O) groups excluding carboxylic acids is 1. The second-order valence-corrected chi connectivity index (χ2v) is 7.26. The molecule has 0 amide bonds. The van der Waals surface area contributed by atoms with Crippen LogP contribution in [0.3, 0.4) is 0 Å². The zero-order valence-electron chi connectivity index (χ0n) is 16.2. The van der Waals surface area contributed by atoms with Crippen molar-refractivity contribution in [3.8, 4) is 0 Å². The summed E-state index contributed by atoms with van der Waals surface area (Å²) in [5.74, 6) is 0.101. The Morgan fingerprint density at radius 3 is 2.93 bits per heavy atom. The Morgan fingerprint density at radius 2 is 2.14 bits per heavy atom. The summed E-state index contributed by atoms with van der Waals surface area (Å²) in [6, 6.07) is 0. The number of nitrogens with two attached hydrogens (primary N) is 1. The van der Waals surface area contributed by atoms with Gasteiger partial charge in [-0.3, -0.25) is 4.57 Å². The van der Waals surface area contributed by atoms with Gasteiger partial charge in [0.15, 0.2) is 17.7 Å². The first kappa shape index (κ1) is 21.5. The van der Waals surface area contributed by atoms with Crippen LogP contribution in [0.25, 0.3) is 11.2 Å². The van der Waals surface area contributed by atoms with Crippen molar-refractivity contribution in [2.24, 2.45) is 0 Å². The standard InChI is InChI=1S/C18H25ClFN5O4/c1-2-3-4-5-6-7-27-18(26)28-9-11-8-12(20)16(29-11)25-10-22-13-14(21)23-17(19)24-15(13)25/h10-12,16H,2-9H2,1H3,(H2,21,23,24). The molecule has 11 heteroatoms. The van der Waals surface area contributed by atoms with Crippen molar-refractivity contribution in [3.63, 3.8) is 0 Å². The van der Waals surface area contributed by atoms with Crippen LogP contribution in [0.5, 0.6) is 0 Å². The topological polar surface area (TPSA) is 114 Å². The van der Waals surface area contributed by atoms with E-state index in [0.717, 1.165) is 25.7 Å². The van der Waals surface area contributed by atoms with Gasteiger partial charge in [0.25, 0.3) is 0 Å². The minimum Gasteiger partial charge on any atom is -0.434 e. The van der Waals surface area contributed by atoms with E-state index in [1.54, 1.807) is 0 Å². The number of alkyl halides is 1. The van der Waals surface area contributed by atoms with Crippen LogP contribution in [0.4, 0.5) is 15.0 Å². The number of rotatable bonds is 9. The van der Waals surface area contributed by atoms with Gasteiger partial charge in [-0.15, -0.1) is 0 Å². The largest absolute Gasteiger partial charge is 0.508 e. The zero-order chi connectivity index (χ0) is 20.8. The number of imidazole rings is 1. The maximum atomic E-state index is 14.6. The Kier molecular flexibility index (Phi) is 7.43. The maximum absolute atomic E-state index is 14.6. The monoisotopic (exact) mass is 429 g/mol. The molecule has 0 saturated carbocycles. The average molecular weight is 430 g/mol. The van der Waals surface area contributed by atoms with Crippen LogP contribution in [-0.2, 0) is 14.2 Å². The van der Waals surface area contributed by atoms with Gasteiger partial charge in [-0.25, -0.2) is 14.2 Å². The molecule has 29 heavy (non-hydrogen) atoms. The van der Waals surface area contributed by atoms with E-state index in [1.807, 2.05) is 0 Å². The van der Waals surface area contributed by atoms with E-state index < -0.39 is 24.7 Å². The highest BCUT2D eigenvalue weighted by Crippen LogP contribution is 2.34. The summed E-state index contributed by atoms with van der Waals surface area (Å²) in [5.41, 5.74) is 6.36. The Balaban J connectivity index is 1.48. The minimum absolute atomic E-state index is 0.0585. The molecule has 3 atom stereocenters. The van der Waals surface area contributed by atoms with Crippen LogP contribution >= 0.6 is 11.6 Å². The second kappa shape index (κ2) is 10.0.